The minimum Gasteiger partial charge on any atom is -0.266 e. The molecule has 3 nitrogen and oxygen atoms in total. The van der Waals surface area contributed by atoms with E-state index < -0.39 is 10.0 Å². The van der Waals surface area contributed by atoms with Crippen molar-refractivity contribution >= 4 is 27.0 Å². The van der Waals surface area contributed by atoms with Crippen LogP contribution in [0.3, 0.4) is 0 Å². The lowest BCUT2D eigenvalue weighted by Gasteiger charge is -2.22. The van der Waals surface area contributed by atoms with Crippen molar-refractivity contribution in [1.29, 1.82) is 0 Å². The van der Waals surface area contributed by atoms with Crippen molar-refractivity contribution in [2.45, 2.75) is 31.6 Å². The highest BCUT2D eigenvalue weighted by atomic mass is 32.2. The minimum atomic E-state index is -3.59. The van der Waals surface area contributed by atoms with E-state index in [9.17, 15) is 8.42 Å². The molecule has 0 N–H and O–H groups in total. The van der Waals surface area contributed by atoms with E-state index in [4.69, 9.17) is 0 Å². The summed E-state index contributed by atoms with van der Waals surface area (Å²) in [7, 11) is -3.59. The number of sulfonamides is 1. The molecule has 0 radical (unpaired) electrons. The maximum atomic E-state index is 13.5. The number of thiophene rings is 1. The van der Waals surface area contributed by atoms with Crippen LogP contribution in [0.1, 0.15) is 27.1 Å². The third-order valence-electron chi connectivity index (χ3n) is 5.03. The zero-order valence-electron chi connectivity index (χ0n) is 14.9. The largest absolute Gasteiger partial charge is 0.266 e. The van der Waals surface area contributed by atoms with Crippen LogP contribution < -0.4 is 4.31 Å². The SMILES string of the molecule is Cc1cc(Cc2cccs2)c(S(=O)(=O)N2CCc3ccccc32)cc1C. The fourth-order valence-electron chi connectivity index (χ4n) is 3.50. The molecule has 2 aromatic carbocycles. The van der Waals surface area contributed by atoms with Crippen molar-refractivity contribution in [3.63, 3.8) is 0 Å². The maximum absolute atomic E-state index is 13.5. The Morgan fingerprint density at radius 2 is 1.81 bits per heavy atom. The number of hydrogen-bond donors (Lipinski definition) is 0. The number of benzene rings is 2. The zero-order valence-corrected chi connectivity index (χ0v) is 16.5. The van der Waals surface area contributed by atoms with Crippen LogP contribution >= 0.6 is 11.3 Å². The van der Waals surface area contributed by atoms with Gasteiger partial charge >= 0.3 is 0 Å². The van der Waals surface area contributed by atoms with Crippen LogP contribution in [0.25, 0.3) is 0 Å². The molecule has 0 atom stereocenters. The van der Waals surface area contributed by atoms with E-state index in [1.165, 1.54) is 4.88 Å². The normalized spacial score (nSPS) is 13.8. The van der Waals surface area contributed by atoms with E-state index in [1.54, 1.807) is 15.6 Å². The molecule has 0 saturated carbocycles. The predicted molar refractivity (Wildman–Crippen MR) is 108 cm³/mol. The minimum absolute atomic E-state index is 0.436. The summed E-state index contributed by atoms with van der Waals surface area (Å²) < 4.78 is 28.7. The molecule has 26 heavy (non-hydrogen) atoms. The molecule has 0 amide bonds. The van der Waals surface area contributed by atoms with Crippen molar-refractivity contribution in [2.75, 3.05) is 10.8 Å². The molecule has 5 heteroatoms. The third-order valence-corrected chi connectivity index (χ3v) is 7.81. The number of hydrogen-bond acceptors (Lipinski definition) is 3. The predicted octanol–water partition coefficient (Wildman–Crippen LogP) is 4.71. The molecule has 0 aliphatic carbocycles. The summed E-state index contributed by atoms with van der Waals surface area (Å²) in [4.78, 5) is 1.61. The first-order chi connectivity index (χ1) is 12.5. The summed E-state index contributed by atoms with van der Waals surface area (Å²) in [5.74, 6) is 0. The van der Waals surface area contributed by atoms with Crippen LogP contribution in [0.2, 0.25) is 0 Å². The van der Waals surface area contributed by atoms with Gasteiger partial charge in [-0.2, -0.15) is 0 Å². The van der Waals surface area contributed by atoms with E-state index >= 15 is 0 Å². The molecular weight excluding hydrogens is 362 g/mol. The molecule has 1 aromatic heterocycles. The summed E-state index contributed by atoms with van der Waals surface area (Å²) in [6.45, 7) is 4.52. The molecule has 1 aliphatic heterocycles. The Balaban J connectivity index is 1.83. The molecule has 0 saturated heterocycles. The van der Waals surface area contributed by atoms with Gasteiger partial charge in [0.15, 0.2) is 0 Å². The van der Waals surface area contributed by atoms with Gasteiger partial charge in [0.2, 0.25) is 0 Å². The maximum Gasteiger partial charge on any atom is 0.264 e. The van der Waals surface area contributed by atoms with E-state index in [0.29, 0.717) is 17.9 Å². The van der Waals surface area contributed by atoms with Crippen molar-refractivity contribution < 1.29 is 8.42 Å². The number of aryl methyl sites for hydroxylation is 2. The first kappa shape index (κ1) is 17.3. The van der Waals surface area contributed by atoms with Crippen LogP contribution in [-0.2, 0) is 22.9 Å². The Hall–Kier alpha value is -2.11. The van der Waals surface area contributed by atoms with Gasteiger partial charge in [-0.15, -0.1) is 11.3 Å². The zero-order chi connectivity index (χ0) is 18.3. The second kappa shape index (κ2) is 6.56. The number of fused-ring (bicyclic) bond motifs is 1. The Morgan fingerprint density at radius 3 is 2.58 bits per heavy atom. The number of rotatable bonds is 4. The summed E-state index contributed by atoms with van der Waals surface area (Å²) in [5, 5.41) is 2.03. The first-order valence-corrected chi connectivity index (χ1v) is 11.0. The second-order valence-corrected chi connectivity index (χ2v) is 9.62. The van der Waals surface area contributed by atoms with E-state index in [2.05, 4.69) is 6.07 Å². The Bertz CT molecular complexity index is 1050. The average molecular weight is 384 g/mol. The summed E-state index contributed by atoms with van der Waals surface area (Å²) in [5.41, 5.74) is 4.91. The molecule has 0 spiro atoms. The molecular formula is C21H21NO2S2. The van der Waals surface area contributed by atoms with Crippen LogP contribution in [-0.4, -0.2) is 15.0 Å². The topological polar surface area (TPSA) is 37.4 Å². The monoisotopic (exact) mass is 383 g/mol. The Labute approximate surface area is 159 Å². The molecule has 0 fully saturated rings. The van der Waals surface area contributed by atoms with Gasteiger partial charge in [0.05, 0.1) is 10.6 Å². The Morgan fingerprint density at radius 1 is 1.04 bits per heavy atom. The summed E-state index contributed by atoms with van der Waals surface area (Å²) in [6.07, 6.45) is 1.41. The molecule has 4 rings (SSSR count). The molecule has 2 heterocycles. The van der Waals surface area contributed by atoms with Gasteiger partial charge in [0.1, 0.15) is 0 Å². The smallest absolute Gasteiger partial charge is 0.264 e. The van der Waals surface area contributed by atoms with Crippen LogP contribution in [0.5, 0.6) is 0 Å². The van der Waals surface area contributed by atoms with Gasteiger partial charge in [-0.05, 0) is 66.1 Å². The highest BCUT2D eigenvalue weighted by molar-refractivity contribution is 7.93. The fourth-order valence-corrected chi connectivity index (χ4v) is 6.03. The first-order valence-electron chi connectivity index (χ1n) is 8.70. The Kier molecular flexibility index (Phi) is 4.37. The number of nitrogens with zero attached hydrogens (tertiary/aromatic N) is 1. The van der Waals surface area contributed by atoms with E-state index in [1.807, 2.05) is 61.7 Å². The third kappa shape index (κ3) is 2.95. The quantitative estimate of drug-likeness (QED) is 0.654. The van der Waals surface area contributed by atoms with Crippen molar-refractivity contribution in [3.8, 4) is 0 Å². The van der Waals surface area contributed by atoms with Crippen LogP contribution in [0.15, 0.2) is 58.8 Å². The number of anilines is 1. The van der Waals surface area contributed by atoms with Gasteiger partial charge in [-0.1, -0.05) is 30.3 Å². The summed E-state index contributed by atoms with van der Waals surface area (Å²) >= 11 is 1.66. The molecule has 0 unspecified atom stereocenters. The van der Waals surface area contributed by atoms with Gasteiger partial charge in [0.25, 0.3) is 10.0 Å². The van der Waals surface area contributed by atoms with Gasteiger partial charge in [-0.25, -0.2) is 8.42 Å². The molecule has 0 bridgehead atoms. The van der Waals surface area contributed by atoms with Gasteiger partial charge < -0.3 is 0 Å². The fraction of sp³-hybridized carbons (Fsp3) is 0.238. The lowest BCUT2D eigenvalue weighted by Crippen LogP contribution is -2.30. The van der Waals surface area contributed by atoms with E-state index in [0.717, 1.165) is 34.4 Å². The lowest BCUT2D eigenvalue weighted by atomic mass is 10.0. The van der Waals surface area contributed by atoms with Gasteiger partial charge in [-0.3, -0.25) is 4.31 Å². The van der Waals surface area contributed by atoms with Crippen LogP contribution in [0, 0.1) is 13.8 Å². The molecule has 134 valence electrons. The number of para-hydroxylation sites is 1. The van der Waals surface area contributed by atoms with Gasteiger partial charge in [0, 0.05) is 17.8 Å². The second-order valence-electron chi connectivity index (χ2n) is 6.76. The van der Waals surface area contributed by atoms with Crippen molar-refractivity contribution in [1.82, 2.24) is 0 Å². The highest BCUT2D eigenvalue weighted by Gasteiger charge is 2.32. The van der Waals surface area contributed by atoms with Crippen molar-refractivity contribution in [3.05, 3.63) is 81.0 Å². The van der Waals surface area contributed by atoms with Crippen LogP contribution in [0.4, 0.5) is 5.69 Å². The highest BCUT2D eigenvalue weighted by Crippen LogP contribution is 2.35. The standard InChI is InChI=1S/C21H21NO2S2/c1-15-12-18(14-19-7-5-11-25-19)21(13-16(15)2)26(23,24)22-10-9-17-6-3-4-8-20(17)22/h3-8,11-13H,9-10,14H2,1-2H3. The molecule has 1 aliphatic rings. The average Bonchev–Trinajstić information content (AvgIpc) is 3.27. The molecule has 3 aromatic rings. The lowest BCUT2D eigenvalue weighted by molar-refractivity contribution is 0.591. The van der Waals surface area contributed by atoms with E-state index in [-0.39, 0.29) is 0 Å². The summed E-state index contributed by atoms with van der Waals surface area (Å²) in [6, 6.07) is 15.7. The van der Waals surface area contributed by atoms with Crippen molar-refractivity contribution in [2.24, 2.45) is 0 Å².